The number of aromatic carboxylic acids is 1. The van der Waals surface area contributed by atoms with E-state index in [9.17, 15) is 23.9 Å². The normalized spacial score (nSPS) is 14.1. The molecular formula is C17H14FN5O5S. The first-order valence-corrected chi connectivity index (χ1v) is 9.35. The maximum atomic E-state index is 14.7. The fourth-order valence-corrected chi connectivity index (χ4v) is 3.58. The number of hydrogen-bond acceptors (Lipinski definition) is 9. The Hall–Kier alpha value is -3.41. The number of rotatable bonds is 5. The predicted octanol–water partition coefficient (Wildman–Crippen LogP) is 1.07. The number of ether oxygens (including phenoxy) is 1. The topological polar surface area (TPSA) is 128 Å². The van der Waals surface area contributed by atoms with Crippen molar-refractivity contribution < 1.29 is 23.8 Å². The van der Waals surface area contributed by atoms with Crippen LogP contribution in [0.3, 0.4) is 0 Å². The van der Waals surface area contributed by atoms with Gasteiger partial charge in [0.05, 0.1) is 17.9 Å². The molecule has 0 saturated carbocycles. The van der Waals surface area contributed by atoms with Gasteiger partial charge in [0.2, 0.25) is 10.6 Å². The second-order valence-corrected chi connectivity index (χ2v) is 7.05. The maximum absolute atomic E-state index is 14.7. The zero-order valence-electron chi connectivity index (χ0n) is 15.0. The minimum absolute atomic E-state index is 0.0428. The first kappa shape index (κ1) is 18.9. The molecule has 10 nitrogen and oxygen atoms in total. The Bertz CT molecular complexity index is 1170. The Kier molecular flexibility index (Phi) is 4.70. The number of pyridine rings is 2. The van der Waals surface area contributed by atoms with E-state index in [0.29, 0.717) is 0 Å². The molecule has 0 unspecified atom stereocenters. The lowest BCUT2D eigenvalue weighted by Gasteiger charge is -2.38. The summed E-state index contributed by atoms with van der Waals surface area (Å²) in [5.74, 6) is -3.02. The highest BCUT2D eigenvalue weighted by Gasteiger charge is 2.36. The Morgan fingerprint density at radius 3 is 2.79 bits per heavy atom. The van der Waals surface area contributed by atoms with Crippen LogP contribution in [0.1, 0.15) is 17.3 Å². The molecule has 0 spiro atoms. The molecule has 29 heavy (non-hydrogen) atoms. The van der Waals surface area contributed by atoms with Crippen LogP contribution in [0.4, 0.5) is 10.2 Å². The van der Waals surface area contributed by atoms with Gasteiger partial charge in [-0.1, -0.05) is 0 Å². The molecule has 0 aromatic carbocycles. The summed E-state index contributed by atoms with van der Waals surface area (Å²) in [5.41, 5.74) is -1.33. The zero-order chi connectivity index (χ0) is 20.7. The lowest BCUT2D eigenvalue weighted by molar-refractivity contribution is -0.148. The van der Waals surface area contributed by atoms with Gasteiger partial charge in [0.15, 0.2) is 17.3 Å². The smallest absolute Gasteiger partial charge is 0.341 e. The molecule has 1 saturated heterocycles. The molecule has 1 aliphatic heterocycles. The van der Waals surface area contributed by atoms with Gasteiger partial charge in [-0.25, -0.2) is 19.2 Å². The van der Waals surface area contributed by atoms with Crippen molar-refractivity contribution in [1.29, 1.82) is 0 Å². The molecule has 1 fully saturated rings. The van der Waals surface area contributed by atoms with Crippen molar-refractivity contribution in [3.05, 3.63) is 40.2 Å². The first-order valence-electron chi connectivity index (χ1n) is 8.58. The standard InChI is InChI=1S/C17H14FN5O5S/c1-2-28-16(27)8-4-22(5-8)14-11(18)3-9-12(24)10(15(25)26)6-23(13(9)21-14)17-19-7-20-29-17/h3,6-8H,2,4-5H2,1H3,(H,25,26). The van der Waals surface area contributed by atoms with Gasteiger partial charge < -0.3 is 14.7 Å². The van der Waals surface area contributed by atoms with Crippen LogP contribution in [0.5, 0.6) is 0 Å². The number of aromatic nitrogens is 4. The highest BCUT2D eigenvalue weighted by molar-refractivity contribution is 7.08. The molecule has 1 aliphatic rings. The summed E-state index contributed by atoms with van der Waals surface area (Å²) >= 11 is 0.963. The third kappa shape index (κ3) is 3.20. The zero-order valence-corrected chi connectivity index (χ0v) is 15.8. The summed E-state index contributed by atoms with van der Waals surface area (Å²) in [4.78, 5) is 45.6. The molecule has 0 radical (unpaired) electrons. The van der Waals surface area contributed by atoms with Gasteiger partial charge in [-0.3, -0.25) is 14.2 Å². The van der Waals surface area contributed by atoms with Crippen molar-refractivity contribution in [2.45, 2.75) is 6.92 Å². The number of carboxylic acids is 1. The van der Waals surface area contributed by atoms with E-state index >= 15 is 0 Å². The lowest BCUT2D eigenvalue weighted by atomic mass is 10.0. The summed E-state index contributed by atoms with van der Waals surface area (Å²) in [6.07, 6.45) is 2.37. The van der Waals surface area contributed by atoms with Gasteiger partial charge in [0.1, 0.15) is 11.9 Å². The summed E-state index contributed by atoms with van der Waals surface area (Å²) in [6.45, 7) is 2.42. The van der Waals surface area contributed by atoms with Crippen molar-refractivity contribution in [1.82, 2.24) is 18.9 Å². The highest BCUT2D eigenvalue weighted by Crippen LogP contribution is 2.29. The highest BCUT2D eigenvalue weighted by atomic mass is 32.1. The molecule has 1 N–H and O–H groups in total. The molecule has 4 rings (SSSR count). The summed E-state index contributed by atoms with van der Waals surface area (Å²) < 4.78 is 24.8. The number of carbonyl (C=O) groups excluding carboxylic acids is 1. The van der Waals surface area contributed by atoms with E-state index in [1.807, 2.05) is 0 Å². The number of anilines is 1. The number of hydrogen-bond donors (Lipinski definition) is 1. The van der Waals surface area contributed by atoms with Crippen molar-refractivity contribution in [3.63, 3.8) is 0 Å². The Labute approximate surface area is 166 Å². The van der Waals surface area contributed by atoms with Gasteiger partial charge >= 0.3 is 11.9 Å². The van der Waals surface area contributed by atoms with Crippen LogP contribution < -0.4 is 10.3 Å². The van der Waals surface area contributed by atoms with E-state index < -0.39 is 22.8 Å². The molecule has 0 bridgehead atoms. The summed E-state index contributed by atoms with van der Waals surface area (Å²) in [7, 11) is 0. The SMILES string of the molecule is CCOC(=O)C1CN(c2nc3c(cc2F)c(=O)c(C(=O)O)cn3-c2ncns2)C1. The largest absolute Gasteiger partial charge is 0.477 e. The number of halogens is 1. The average molecular weight is 419 g/mol. The Morgan fingerprint density at radius 2 is 2.17 bits per heavy atom. The van der Waals surface area contributed by atoms with Gasteiger partial charge in [-0.05, 0) is 13.0 Å². The number of nitrogens with zero attached hydrogens (tertiary/aromatic N) is 5. The minimum Gasteiger partial charge on any atom is -0.477 e. The molecule has 150 valence electrons. The molecular weight excluding hydrogens is 405 g/mol. The average Bonchev–Trinajstić information content (AvgIpc) is 3.16. The van der Waals surface area contributed by atoms with E-state index in [0.717, 1.165) is 23.8 Å². The van der Waals surface area contributed by atoms with E-state index in [1.54, 1.807) is 11.8 Å². The third-order valence-corrected chi connectivity index (χ3v) is 5.17. The lowest BCUT2D eigenvalue weighted by Crippen LogP contribution is -2.51. The first-order chi connectivity index (χ1) is 13.9. The summed E-state index contributed by atoms with van der Waals surface area (Å²) in [5, 5.41) is 9.40. The van der Waals surface area contributed by atoms with Gasteiger partial charge in [0.25, 0.3) is 0 Å². The van der Waals surface area contributed by atoms with Gasteiger partial charge in [0, 0.05) is 30.8 Å². The van der Waals surface area contributed by atoms with Crippen LogP contribution >= 0.6 is 11.5 Å². The Balaban J connectivity index is 1.82. The fraction of sp³-hybridized carbons (Fsp3) is 0.294. The minimum atomic E-state index is -1.44. The van der Waals surface area contributed by atoms with Crippen molar-refractivity contribution in [3.8, 4) is 5.13 Å². The molecule has 0 aliphatic carbocycles. The number of carbonyl (C=O) groups is 2. The van der Waals surface area contributed by atoms with Gasteiger partial charge in [-0.15, -0.1) is 0 Å². The monoisotopic (exact) mass is 419 g/mol. The quantitative estimate of drug-likeness (QED) is 0.604. The number of fused-ring (bicyclic) bond motifs is 1. The van der Waals surface area contributed by atoms with Crippen LogP contribution in [0, 0.1) is 11.7 Å². The van der Waals surface area contributed by atoms with Crippen LogP contribution in [0.15, 0.2) is 23.4 Å². The molecule has 3 aromatic heterocycles. The molecule has 12 heteroatoms. The fourth-order valence-electron chi connectivity index (χ4n) is 3.07. The van der Waals surface area contributed by atoms with Crippen LogP contribution in [0.2, 0.25) is 0 Å². The van der Waals surface area contributed by atoms with Crippen molar-refractivity contribution >= 4 is 40.3 Å². The van der Waals surface area contributed by atoms with Crippen LogP contribution in [-0.2, 0) is 9.53 Å². The van der Waals surface area contributed by atoms with Crippen LogP contribution in [0.25, 0.3) is 16.2 Å². The Morgan fingerprint density at radius 1 is 1.41 bits per heavy atom. The molecule has 0 amide bonds. The maximum Gasteiger partial charge on any atom is 0.341 e. The number of carboxylic acid groups (broad SMARTS) is 1. The second kappa shape index (κ2) is 7.20. The van der Waals surface area contributed by atoms with E-state index in [4.69, 9.17) is 4.74 Å². The van der Waals surface area contributed by atoms with Crippen molar-refractivity contribution in [2.24, 2.45) is 5.92 Å². The molecule has 4 heterocycles. The molecule has 0 atom stereocenters. The second-order valence-electron chi connectivity index (χ2n) is 6.29. The van der Waals surface area contributed by atoms with E-state index in [1.165, 1.54) is 10.9 Å². The molecule has 3 aromatic rings. The van der Waals surface area contributed by atoms with Gasteiger partial charge in [-0.2, -0.15) is 4.37 Å². The van der Waals surface area contributed by atoms with E-state index in [-0.39, 0.29) is 53.6 Å². The van der Waals surface area contributed by atoms with Crippen molar-refractivity contribution in [2.75, 3.05) is 24.6 Å². The third-order valence-electron chi connectivity index (χ3n) is 4.50. The van der Waals surface area contributed by atoms with Crippen LogP contribution in [-0.4, -0.2) is 55.7 Å². The number of esters is 1. The predicted molar refractivity (Wildman–Crippen MR) is 100 cm³/mol. The van der Waals surface area contributed by atoms with E-state index in [2.05, 4.69) is 14.3 Å². The summed E-state index contributed by atoms with van der Waals surface area (Å²) in [6, 6.07) is 0.960.